The summed E-state index contributed by atoms with van der Waals surface area (Å²) in [5, 5.41) is 14.6. The number of halogens is 1. The number of nitrogens with zero attached hydrogens (tertiary/aromatic N) is 2. The number of hydrogen-bond donors (Lipinski definition) is 1. The van der Waals surface area contributed by atoms with Crippen molar-refractivity contribution in [2.75, 3.05) is 0 Å². The second kappa shape index (κ2) is 6.01. The van der Waals surface area contributed by atoms with Gasteiger partial charge in [0.2, 0.25) is 5.88 Å². The Hall–Kier alpha value is -0.350. The van der Waals surface area contributed by atoms with Crippen LogP contribution in [0.4, 0.5) is 0 Å². The molecule has 0 spiro atoms. The van der Waals surface area contributed by atoms with E-state index in [0.717, 1.165) is 30.8 Å². The molecule has 0 bridgehead atoms. The quantitative estimate of drug-likeness (QED) is 0.881. The molecular weight excluding hydrogens is 256 g/mol. The highest BCUT2D eigenvalue weighted by molar-refractivity contribution is 7.99. The van der Waals surface area contributed by atoms with Gasteiger partial charge < -0.3 is 5.11 Å². The van der Waals surface area contributed by atoms with Gasteiger partial charge in [-0.2, -0.15) is 5.10 Å². The van der Waals surface area contributed by atoms with Gasteiger partial charge >= 0.3 is 0 Å². The Morgan fingerprint density at radius 3 is 2.59 bits per heavy atom. The van der Waals surface area contributed by atoms with E-state index in [1.165, 1.54) is 0 Å². The third-order valence-electron chi connectivity index (χ3n) is 2.30. The largest absolute Gasteiger partial charge is 0.492 e. The molecule has 0 aromatic carbocycles. The van der Waals surface area contributed by atoms with Crippen molar-refractivity contribution in [3.8, 4) is 5.88 Å². The summed E-state index contributed by atoms with van der Waals surface area (Å²) in [7, 11) is 0. The van der Waals surface area contributed by atoms with Crippen molar-refractivity contribution in [3.05, 3.63) is 10.7 Å². The molecular formula is C12H21ClN2OS. The summed E-state index contributed by atoms with van der Waals surface area (Å²) in [6, 6.07) is 0. The molecule has 1 N–H and O–H groups in total. The van der Waals surface area contributed by atoms with Crippen molar-refractivity contribution in [2.45, 2.75) is 57.6 Å². The van der Waals surface area contributed by atoms with Gasteiger partial charge in [-0.05, 0) is 6.42 Å². The maximum atomic E-state index is 9.83. The topological polar surface area (TPSA) is 38.0 Å². The molecule has 0 fully saturated rings. The van der Waals surface area contributed by atoms with Crippen molar-refractivity contribution in [1.29, 1.82) is 0 Å². The molecule has 17 heavy (non-hydrogen) atoms. The fourth-order valence-electron chi connectivity index (χ4n) is 1.32. The van der Waals surface area contributed by atoms with Crippen molar-refractivity contribution < 1.29 is 5.11 Å². The minimum atomic E-state index is 0.102. The van der Waals surface area contributed by atoms with Gasteiger partial charge in [0.1, 0.15) is 5.02 Å². The van der Waals surface area contributed by atoms with Gasteiger partial charge in [-0.3, -0.25) is 0 Å². The molecule has 0 atom stereocenters. The predicted molar refractivity (Wildman–Crippen MR) is 74.9 cm³/mol. The molecule has 0 radical (unpaired) electrons. The van der Waals surface area contributed by atoms with Crippen LogP contribution in [0.5, 0.6) is 5.88 Å². The monoisotopic (exact) mass is 276 g/mol. The minimum absolute atomic E-state index is 0.102. The highest BCUT2D eigenvalue weighted by Crippen LogP contribution is 2.33. The SMILES string of the molecule is CCCCn1nc(CSC(C)(C)C)c(Cl)c1O. The van der Waals surface area contributed by atoms with Crippen LogP contribution >= 0.6 is 23.4 Å². The zero-order valence-corrected chi connectivity index (χ0v) is 12.5. The average Bonchev–Trinajstić information content (AvgIpc) is 2.50. The molecule has 1 heterocycles. The van der Waals surface area contributed by atoms with Crippen LogP contribution in [0.25, 0.3) is 0 Å². The van der Waals surface area contributed by atoms with Gasteiger partial charge in [0.25, 0.3) is 0 Å². The van der Waals surface area contributed by atoms with Crippen molar-refractivity contribution in [2.24, 2.45) is 0 Å². The fraction of sp³-hybridized carbons (Fsp3) is 0.750. The summed E-state index contributed by atoms with van der Waals surface area (Å²) in [6.07, 6.45) is 2.07. The van der Waals surface area contributed by atoms with Crippen molar-refractivity contribution in [1.82, 2.24) is 9.78 Å². The van der Waals surface area contributed by atoms with Crippen LogP contribution in [-0.2, 0) is 12.3 Å². The molecule has 98 valence electrons. The Bertz CT molecular complexity index is 371. The van der Waals surface area contributed by atoms with E-state index in [0.29, 0.717) is 5.02 Å². The number of rotatable bonds is 5. The molecule has 5 heteroatoms. The predicted octanol–water partition coefficient (Wildman–Crippen LogP) is 4.07. The smallest absolute Gasteiger partial charge is 0.228 e. The van der Waals surface area contributed by atoms with E-state index in [1.54, 1.807) is 16.4 Å². The number of thioether (sulfide) groups is 1. The molecule has 1 aromatic rings. The molecule has 0 aliphatic heterocycles. The molecule has 1 rings (SSSR count). The lowest BCUT2D eigenvalue weighted by Gasteiger charge is -2.16. The first-order valence-corrected chi connectivity index (χ1v) is 7.29. The summed E-state index contributed by atoms with van der Waals surface area (Å²) < 4.78 is 1.77. The first kappa shape index (κ1) is 14.7. The van der Waals surface area contributed by atoms with Crippen LogP contribution in [0.1, 0.15) is 46.2 Å². The van der Waals surface area contributed by atoms with E-state index in [9.17, 15) is 5.11 Å². The van der Waals surface area contributed by atoms with E-state index < -0.39 is 0 Å². The van der Waals surface area contributed by atoms with Gasteiger partial charge in [0.15, 0.2) is 0 Å². The standard InChI is InChI=1S/C12H21ClN2OS/c1-5-6-7-15-11(16)10(13)9(14-15)8-17-12(2,3)4/h16H,5-8H2,1-4H3. The summed E-state index contributed by atoms with van der Waals surface area (Å²) in [6.45, 7) is 9.29. The highest BCUT2D eigenvalue weighted by Gasteiger charge is 2.18. The summed E-state index contributed by atoms with van der Waals surface area (Å²) in [5.74, 6) is 0.833. The minimum Gasteiger partial charge on any atom is -0.492 e. The van der Waals surface area contributed by atoms with E-state index in [2.05, 4.69) is 32.8 Å². The van der Waals surface area contributed by atoms with Crippen LogP contribution in [-0.4, -0.2) is 19.6 Å². The van der Waals surface area contributed by atoms with E-state index in [1.807, 2.05) is 0 Å². The molecule has 0 aliphatic rings. The number of unbranched alkanes of at least 4 members (excludes halogenated alkanes) is 1. The highest BCUT2D eigenvalue weighted by atomic mass is 35.5. The van der Waals surface area contributed by atoms with Crippen molar-refractivity contribution in [3.63, 3.8) is 0 Å². The van der Waals surface area contributed by atoms with Gasteiger partial charge in [-0.15, -0.1) is 11.8 Å². The third-order valence-corrected chi connectivity index (χ3v) is 3.97. The Balaban J connectivity index is 2.73. The van der Waals surface area contributed by atoms with Crippen LogP contribution in [0.3, 0.4) is 0 Å². The van der Waals surface area contributed by atoms with E-state index in [-0.39, 0.29) is 10.6 Å². The lowest BCUT2D eigenvalue weighted by molar-refractivity contribution is 0.393. The summed E-state index contributed by atoms with van der Waals surface area (Å²) in [5.41, 5.74) is 0.778. The lowest BCUT2D eigenvalue weighted by Crippen LogP contribution is -2.08. The van der Waals surface area contributed by atoms with Crippen molar-refractivity contribution >= 4 is 23.4 Å². The molecule has 3 nitrogen and oxygen atoms in total. The molecule has 1 aromatic heterocycles. The number of hydrogen-bond acceptors (Lipinski definition) is 3. The maximum absolute atomic E-state index is 9.83. The zero-order chi connectivity index (χ0) is 13.1. The molecule has 0 saturated heterocycles. The molecule has 0 saturated carbocycles. The fourth-order valence-corrected chi connectivity index (χ4v) is 2.37. The van der Waals surface area contributed by atoms with E-state index >= 15 is 0 Å². The first-order chi connectivity index (χ1) is 7.85. The third kappa shape index (κ3) is 4.43. The van der Waals surface area contributed by atoms with Gasteiger partial charge in [-0.1, -0.05) is 45.7 Å². The lowest BCUT2D eigenvalue weighted by atomic mass is 10.3. The van der Waals surface area contributed by atoms with Gasteiger partial charge in [0.05, 0.1) is 5.69 Å². The second-order valence-corrected chi connectivity index (χ2v) is 7.24. The summed E-state index contributed by atoms with van der Waals surface area (Å²) >= 11 is 7.85. The number of aromatic hydroxyl groups is 1. The molecule has 0 aliphatic carbocycles. The van der Waals surface area contributed by atoms with Crippen LogP contribution in [0.2, 0.25) is 5.02 Å². The van der Waals surface area contributed by atoms with Crippen LogP contribution in [0, 0.1) is 0 Å². The summed E-state index contributed by atoms with van der Waals surface area (Å²) in [4.78, 5) is 0. The maximum Gasteiger partial charge on any atom is 0.228 e. The van der Waals surface area contributed by atoms with E-state index in [4.69, 9.17) is 11.6 Å². The molecule has 0 unspecified atom stereocenters. The van der Waals surface area contributed by atoms with Crippen LogP contribution in [0.15, 0.2) is 0 Å². The average molecular weight is 277 g/mol. The van der Waals surface area contributed by atoms with Gasteiger partial charge in [0, 0.05) is 17.0 Å². The first-order valence-electron chi connectivity index (χ1n) is 5.93. The number of aromatic nitrogens is 2. The second-order valence-electron chi connectivity index (χ2n) is 5.06. The molecule has 0 amide bonds. The van der Waals surface area contributed by atoms with Crippen LogP contribution < -0.4 is 0 Å². The normalized spacial score (nSPS) is 12.1. The zero-order valence-electron chi connectivity index (χ0n) is 11.0. The Morgan fingerprint density at radius 1 is 1.41 bits per heavy atom. The Labute approximate surface area is 113 Å². The Morgan fingerprint density at radius 2 is 2.06 bits per heavy atom. The number of aryl methyl sites for hydroxylation is 1. The Kier molecular flexibility index (Phi) is 5.20. The van der Waals surface area contributed by atoms with Gasteiger partial charge in [-0.25, -0.2) is 4.68 Å².